The van der Waals surface area contributed by atoms with Gasteiger partial charge in [0.2, 0.25) is 0 Å². The van der Waals surface area contributed by atoms with Gasteiger partial charge in [-0.2, -0.15) is 0 Å². The van der Waals surface area contributed by atoms with Crippen molar-refractivity contribution in [1.29, 1.82) is 0 Å². The van der Waals surface area contributed by atoms with Crippen molar-refractivity contribution in [2.24, 2.45) is 111 Å². The van der Waals surface area contributed by atoms with Crippen LogP contribution in [-0.2, 0) is 47.4 Å². The predicted molar refractivity (Wildman–Crippen MR) is 481 cm³/mol. The Kier molecular flexibility index (Phi) is 42.3. The van der Waals surface area contributed by atoms with Gasteiger partial charge in [0.15, 0.2) is 28.9 Å². The quantitative estimate of drug-likeness (QED) is 0.233. The third-order valence-electron chi connectivity index (χ3n) is 33.7. The Morgan fingerprint density at radius 2 is 0.452 bits per heavy atom. The van der Waals surface area contributed by atoms with E-state index in [0.29, 0.717) is 5.92 Å². The lowest BCUT2D eigenvalue weighted by Crippen LogP contribution is -2.61. The van der Waals surface area contributed by atoms with Crippen LogP contribution in [0.2, 0.25) is 0 Å². The molecule has 0 N–H and O–H groups in total. The molecule has 25 rings (SSSR count). The molecule has 5 aliphatic heterocycles. The number of hydrogen-bond acceptors (Lipinski definition) is 10. The standard InChI is InChI=1S/C16H26.C13H20O2.C13H22.C12H18O2.C12H20O2.C12H22.C8H16O2.C7H14O2.6C2H6/c1-2-4-6-16(5-3-1)14-8-12-7-13(10-14)11-15(16)9-12;1-2-14-13(15-3-1)11-5-9-4-10(7-11)8-12(13)6-9;1-2-4-8-13(7-3-1)10-11-5-6-12(13)9-11;1-2-14-12(13-1)10-4-8-3-9(6-10)7-11(12)5-8;1-2-6-13-12(14-7-3-1)9-10-4-5-11(12)8-10;1-2-5-9-12(8-4-1)10-6-3-7-11-12;1-8(2)9-6-4-3-5-7-10-8;1-7(2)8-5-3-4-6-9-7;6*1-2/h12-15H,1-11H2;9-12H,1-8H2;11-12H,1-10H2;8-11H,1-7H2;10-11H,1-9H2;1-11H2;3-7H2,1-2H3;3-6H2,1-2H3;6*1-2H3. The van der Waals surface area contributed by atoms with Gasteiger partial charge in [0.25, 0.3) is 0 Å². The minimum atomic E-state index is -0.347. The number of hydrogen-bond donors (Lipinski definition) is 0. The van der Waals surface area contributed by atoms with Crippen LogP contribution in [-0.4, -0.2) is 95.0 Å². The van der Waals surface area contributed by atoms with E-state index in [-0.39, 0.29) is 28.9 Å². The molecule has 674 valence electrons. The van der Waals surface area contributed by atoms with Crippen molar-refractivity contribution in [3.63, 3.8) is 0 Å². The maximum absolute atomic E-state index is 6.12. The van der Waals surface area contributed by atoms with E-state index < -0.39 is 0 Å². The molecule has 5 heterocycles. The van der Waals surface area contributed by atoms with Crippen molar-refractivity contribution >= 4 is 0 Å². The average Bonchev–Trinajstić information content (AvgIpc) is 1.64. The molecule has 10 nitrogen and oxygen atoms in total. The van der Waals surface area contributed by atoms with E-state index in [1.54, 1.807) is 135 Å². The fourth-order valence-electron chi connectivity index (χ4n) is 29.3. The Morgan fingerprint density at radius 3 is 0.774 bits per heavy atom. The Labute approximate surface area is 713 Å². The van der Waals surface area contributed by atoms with Crippen LogP contribution in [0.3, 0.4) is 0 Å². The van der Waals surface area contributed by atoms with E-state index in [0.717, 1.165) is 179 Å². The van der Waals surface area contributed by atoms with E-state index in [1.807, 2.05) is 111 Å². The van der Waals surface area contributed by atoms with Crippen LogP contribution in [0.25, 0.3) is 0 Å². The summed E-state index contributed by atoms with van der Waals surface area (Å²) in [7, 11) is 0. The van der Waals surface area contributed by atoms with Gasteiger partial charge in [0, 0.05) is 49.2 Å². The van der Waals surface area contributed by atoms with Gasteiger partial charge in [-0.3, -0.25) is 0 Å². The molecule has 20 aliphatic carbocycles. The smallest absolute Gasteiger partial charge is 0.174 e. The maximum Gasteiger partial charge on any atom is 0.174 e. The molecule has 0 radical (unpaired) electrons. The maximum atomic E-state index is 6.12. The van der Waals surface area contributed by atoms with Crippen LogP contribution >= 0.6 is 0 Å². The Bertz CT molecular complexity index is 2400. The first-order valence-corrected chi connectivity index (χ1v) is 52.6. The molecule has 20 saturated carbocycles. The van der Waals surface area contributed by atoms with Crippen molar-refractivity contribution in [2.45, 2.75) is 493 Å². The predicted octanol–water partition coefficient (Wildman–Crippen LogP) is 30.3. The van der Waals surface area contributed by atoms with Crippen molar-refractivity contribution in [3.05, 3.63) is 0 Å². The van der Waals surface area contributed by atoms with E-state index in [4.69, 9.17) is 47.4 Å². The van der Waals surface area contributed by atoms with E-state index in [1.165, 1.54) is 211 Å². The Morgan fingerprint density at radius 1 is 0.191 bits per heavy atom. The lowest BCUT2D eigenvalue weighted by atomic mass is 9.43. The molecule has 0 aromatic carbocycles. The van der Waals surface area contributed by atoms with Gasteiger partial charge >= 0.3 is 0 Å². The molecular weight excluding hydrogens is 1420 g/mol. The largest absolute Gasteiger partial charge is 0.351 e. The molecule has 0 aromatic rings. The van der Waals surface area contributed by atoms with Crippen molar-refractivity contribution in [2.75, 3.05) is 66.1 Å². The Balaban J connectivity index is 0.000000148. The highest BCUT2D eigenvalue weighted by Gasteiger charge is 2.63. The minimum absolute atomic E-state index is 0.104. The van der Waals surface area contributed by atoms with Gasteiger partial charge in [0.1, 0.15) is 0 Å². The first kappa shape index (κ1) is 98.4. The molecule has 5 saturated heterocycles. The second-order valence-corrected chi connectivity index (χ2v) is 41.2. The summed E-state index contributed by atoms with van der Waals surface area (Å²) in [6.45, 7) is 40.6. The molecule has 0 amide bonds. The fraction of sp³-hybridized carbons (Fsp3) is 1.00. The van der Waals surface area contributed by atoms with Crippen LogP contribution in [0.1, 0.15) is 464 Å². The molecule has 25 fully saturated rings. The second-order valence-electron chi connectivity index (χ2n) is 41.2. The van der Waals surface area contributed by atoms with Crippen LogP contribution in [0, 0.1) is 111 Å². The van der Waals surface area contributed by atoms with Gasteiger partial charge in [-0.05, 0) is 353 Å². The molecule has 115 heavy (non-hydrogen) atoms. The lowest BCUT2D eigenvalue weighted by molar-refractivity contribution is -0.358. The average molecular weight is 1620 g/mol. The molecular formula is C105H194O10. The lowest BCUT2D eigenvalue weighted by Gasteiger charge is -2.62. The fourth-order valence-corrected chi connectivity index (χ4v) is 29.3. The van der Waals surface area contributed by atoms with Crippen LogP contribution < -0.4 is 0 Å². The van der Waals surface area contributed by atoms with Crippen molar-refractivity contribution in [1.82, 2.24) is 0 Å². The number of rotatable bonds is 0. The third-order valence-corrected chi connectivity index (χ3v) is 33.7. The zero-order valence-electron chi connectivity index (χ0n) is 79.3. The summed E-state index contributed by atoms with van der Waals surface area (Å²) < 4.78 is 57.9. The molecule has 4 unspecified atom stereocenters. The monoisotopic (exact) mass is 1620 g/mol. The van der Waals surface area contributed by atoms with E-state index in [9.17, 15) is 0 Å². The van der Waals surface area contributed by atoms with Crippen molar-refractivity contribution in [3.8, 4) is 0 Å². The normalized spacial score (nSPS) is 37.8. The topological polar surface area (TPSA) is 92.3 Å². The highest BCUT2D eigenvalue weighted by molar-refractivity contribution is 5.09. The zero-order valence-corrected chi connectivity index (χ0v) is 79.3. The highest BCUT2D eigenvalue weighted by Crippen LogP contribution is 2.68. The second kappa shape index (κ2) is 49.5. The molecule has 25 aliphatic rings. The summed E-state index contributed by atoms with van der Waals surface area (Å²) in [6.07, 6.45) is 80.2. The third kappa shape index (κ3) is 26.2. The van der Waals surface area contributed by atoms with E-state index >= 15 is 0 Å². The number of fused-ring (bicyclic) bond motifs is 6. The molecule has 0 aromatic heterocycles. The van der Waals surface area contributed by atoms with Crippen LogP contribution in [0.5, 0.6) is 0 Å². The van der Waals surface area contributed by atoms with Gasteiger partial charge in [-0.1, -0.05) is 186 Å². The summed E-state index contributed by atoms with van der Waals surface area (Å²) in [5.41, 5.74) is 2.58. The summed E-state index contributed by atoms with van der Waals surface area (Å²) >= 11 is 0. The van der Waals surface area contributed by atoms with Gasteiger partial charge in [-0.15, -0.1) is 0 Å². The van der Waals surface area contributed by atoms with Gasteiger partial charge in [-0.25, -0.2) is 0 Å². The van der Waals surface area contributed by atoms with Crippen LogP contribution in [0.4, 0.5) is 0 Å². The molecule has 4 atom stereocenters. The highest BCUT2D eigenvalue weighted by atomic mass is 16.7. The zero-order chi connectivity index (χ0) is 82.3. The summed E-state index contributed by atoms with van der Waals surface area (Å²) in [5, 5.41) is 0. The molecule has 10 heteroatoms. The number of ether oxygens (including phenoxy) is 10. The van der Waals surface area contributed by atoms with Gasteiger partial charge in [0.05, 0.1) is 52.9 Å². The molecule has 16 bridgehead atoms. The first-order valence-electron chi connectivity index (χ1n) is 52.6. The molecule has 6 spiro atoms. The Hall–Kier alpha value is -0.400. The SMILES string of the molecule is C1CCCC2(CC1)C1CC3CC(C1)CC2C3.C1CCCC2(CC1)CC1CCC2C1.C1CCCC2(CC1)CCCCC2.C1CCOC2(CC3CCC2C3)OCC1.C1COC2(O1)C1CC3CC(C1)CC2C3.C1COC2(OC1)C1CC3CC(C1)CC2C3.CC.CC.CC.CC.CC.CC.CC1(C)OCCCCCO1.CC1(C)OCCCCO1. The van der Waals surface area contributed by atoms with E-state index in [2.05, 4.69) is 0 Å². The van der Waals surface area contributed by atoms with Crippen LogP contribution in [0.15, 0.2) is 0 Å². The summed E-state index contributed by atoms with van der Waals surface area (Å²) in [6, 6.07) is 0. The summed E-state index contributed by atoms with van der Waals surface area (Å²) in [5.74, 6) is 14.5. The van der Waals surface area contributed by atoms with Gasteiger partial charge < -0.3 is 47.4 Å². The van der Waals surface area contributed by atoms with Crippen molar-refractivity contribution < 1.29 is 47.4 Å². The minimum Gasteiger partial charge on any atom is -0.351 e. The first-order chi connectivity index (χ1) is 56.2. The summed E-state index contributed by atoms with van der Waals surface area (Å²) in [4.78, 5) is 0.